The van der Waals surface area contributed by atoms with Crippen molar-refractivity contribution in [3.8, 4) is 10.6 Å². The van der Waals surface area contributed by atoms with Crippen molar-refractivity contribution >= 4 is 43.3 Å². The van der Waals surface area contributed by atoms with Gasteiger partial charge in [-0.25, -0.2) is 14.4 Å². The van der Waals surface area contributed by atoms with Gasteiger partial charge in [-0.05, 0) is 43.2 Å². The maximum Gasteiger partial charge on any atom is 0.128 e. The van der Waals surface area contributed by atoms with Crippen LogP contribution in [-0.2, 0) is 0 Å². The van der Waals surface area contributed by atoms with Crippen LogP contribution in [0.2, 0.25) is 0 Å². The van der Waals surface area contributed by atoms with Crippen LogP contribution in [-0.4, -0.2) is 29.2 Å². The summed E-state index contributed by atoms with van der Waals surface area (Å²) in [6.45, 7) is 1.88. The molecule has 2 fully saturated rings. The van der Waals surface area contributed by atoms with E-state index in [9.17, 15) is 4.39 Å². The molecule has 1 aromatic carbocycles. The number of hydrogen-bond acceptors (Lipinski definition) is 4. The summed E-state index contributed by atoms with van der Waals surface area (Å²) in [4.78, 5) is 11.5. The van der Waals surface area contributed by atoms with E-state index in [1.54, 1.807) is 11.3 Å². The van der Waals surface area contributed by atoms with Gasteiger partial charge >= 0.3 is 0 Å². The number of fused-ring (bicyclic) bond motifs is 1. The molecule has 6 heteroatoms. The molecular formula is C18H15BrFN3S. The molecule has 2 aromatic heterocycles. The second kappa shape index (κ2) is 5.23. The second-order valence-corrected chi connectivity index (χ2v) is 8.84. The highest BCUT2D eigenvalue weighted by atomic mass is 79.9. The molecule has 0 amide bonds. The predicted octanol–water partition coefficient (Wildman–Crippen LogP) is 5.06. The van der Waals surface area contributed by atoms with Crippen LogP contribution in [0.1, 0.15) is 12.8 Å². The first-order valence-corrected chi connectivity index (χ1v) is 9.63. The molecule has 24 heavy (non-hydrogen) atoms. The molecule has 3 aromatic rings. The summed E-state index contributed by atoms with van der Waals surface area (Å²) in [7, 11) is 0. The number of alkyl halides is 1. The fraction of sp³-hybridized carbons (Fsp3) is 0.333. The van der Waals surface area contributed by atoms with Crippen LogP contribution < -0.4 is 4.90 Å². The van der Waals surface area contributed by atoms with Crippen molar-refractivity contribution in [2.45, 2.75) is 19.0 Å². The van der Waals surface area contributed by atoms with E-state index >= 15 is 0 Å². The van der Waals surface area contributed by atoms with Crippen LogP contribution in [0.4, 0.5) is 10.2 Å². The number of aromatic nitrogens is 2. The molecule has 1 aliphatic heterocycles. The Morgan fingerprint density at radius 2 is 2.04 bits per heavy atom. The van der Waals surface area contributed by atoms with E-state index in [1.807, 2.05) is 18.3 Å². The van der Waals surface area contributed by atoms with Crippen LogP contribution in [0.25, 0.3) is 20.8 Å². The van der Waals surface area contributed by atoms with Crippen molar-refractivity contribution in [2.75, 3.05) is 18.0 Å². The van der Waals surface area contributed by atoms with Crippen molar-refractivity contribution in [2.24, 2.45) is 5.41 Å². The third kappa shape index (κ3) is 2.35. The molecule has 0 unspecified atom stereocenters. The van der Waals surface area contributed by atoms with Crippen LogP contribution in [0.3, 0.4) is 0 Å². The van der Waals surface area contributed by atoms with E-state index in [1.165, 1.54) is 4.70 Å². The predicted molar refractivity (Wildman–Crippen MR) is 99.3 cm³/mol. The Morgan fingerprint density at radius 3 is 2.75 bits per heavy atom. The Balaban J connectivity index is 1.36. The van der Waals surface area contributed by atoms with Gasteiger partial charge in [0.1, 0.15) is 17.0 Å². The van der Waals surface area contributed by atoms with E-state index in [0.717, 1.165) is 52.3 Å². The lowest BCUT2D eigenvalue weighted by molar-refractivity contribution is 0.000448. The third-order valence-electron chi connectivity index (χ3n) is 5.03. The van der Waals surface area contributed by atoms with Gasteiger partial charge in [0.2, 0.25) is 0 Å². The molecule has 2 aliphatic rings. The van der Waals surface area contributed by atoms with E-state index in [4.69, 9.17) is 0 Å². The zero-order chi connectivity index (χ0) is 16.3. The monoisotopic (exact) mass is 403 g/mol. The van der Waals surface area contributed by atoms with Gasteiger partial charge in [-0.15, -0.1) is 11.3 Å². The van der Waals surface area contributed by atoms with Crippen LogP contribution in [0.15, 0.2) is 41.0 Å². The zero-order valence-corrected chi connectivity index (χ0v) is 15.3. The van der Waals surface area contributed by atoms with Gasteiger partial charge in [0.25, 0.3) is 0 Å². The number of halogens is 2. The molecule has 5 rings (SSSR count). The number of rotatable bonds is 2. The number of nitrogens with zero attached hydrogens (tertiary/aromatic N) is 3. The Morgan fingerprint density at radius 1 is 1.21 bits per heavy atom. The molecule has 3 heterocycles. The normalized spacial score (nSPS) is 19.5. The lowest BCUT2D eigenvalue weighted by Crippen LogP contribution is -2.63. The molecule has 0 N–H and O–H groups in total. The highest BCUT2D eigenvalue weighted by Crippen LogP contribution is 2.50. The van der Waals surface area contributed by atoms with Crippen LogP contribution in [0.5, 0.6) is 0 Å². The van der Waals surface area contributed by atoms with Gasteiger partial charge < -0.3 is 4.90 Å². The summed E-state index contributed by atoms with van der Waals surface area (Å²) in [6.07, 6.45) is 2.76. The summed E-state index contributed by atoms with van der Waals surface area (Å²) >= 11 is 5.17. The van der Waals surface area contributed by atoms with Crippen LogP contribution in [0, 0.1) is 5.41 Å². The average molecular weight is 404 g/mol. The molecule has 1 aliphatic carbocycles. The van der Waals surface area contributed by atoms with Crippen LogP contribution >= 0.6 is 27.3 Å². The van der Waals surface area contributed by atoms with Crippen molar-refractivity contribution in [1.82, 2.24) is 9.97 Å². The Labute approximate surface area is 151 Å². The average Bonchev–Trinajstić information content (AvgIpc) is 2.92. The minimum absolute atomic E-state index is 0.236. The molecule has 0 atom stereocenters. The number of pyridine rings is 1. The van der Waals surface area contributed by atoms with Gasteiger partial charge in [0.15, 0.2) is 0 Å². The lowest BCUT2D eigenvalue weighted by atomic mass is 9.62. The number of hydrogen-bond donors (Lipinski definition) is 0. The van der Waals surface area contributed by atoms with Crippen molar-refractivity contribution < 1.29 is 4.39 Å². The zero-order valence-electron chi connectivity index (χ0n) is 12.9. The lowest BCUT2D eigenvalue weighted by Gasteiger charge is -2.57. The number of anilines is 1. The molecule has 3 nitrogen and oxygen atoms in total. The summed E-state index contributed by atoms with van der Waals surface area (Å²) < 4.78 is 15.3. The van der Waals surface area contributed by atoms with Crippen molar-refractivity contribution in [3.63, 3.8) is 0 Å². The highest BCUT2D eigenvalue weighted by Gasteiger charge is 2.53. The fourth-order valence-corrected chi connectivity index (χ4v) is 5.29. The van der Waals surface area contributed by atoms with Crippen molar-refractivity contribution in [3.05, 3.63) is 41.0 Å². The third-order valence-corrected chi connectivity index (χ3v) is 6.59. The van der Waals surface area contributed by atoms with Gasteiger partial charge in [-0.2, -0.15) is 0 Å². The first-order valence-electron chi connectivity index (χ1n) is 8.02. The molecule has 1 spiro atoms. The van der Waals surface area contributed by atoms with E-state index in [0.29, 0.717) is 0 Å². The van der Waals surface area contributed by atoms with E-state index in [2.05, 4.69) is 49.0 Å². The Hall–Kier alpha value is -1.53. The Kier molecular flexibility index (Phi) is 3.22. The van der Waals surface area contributed by atoms with E-state index in [-0.39, 0.29) is 5.41 Å². The Bertz CT molecular complexity index is 910. The van der Waals surface area contributed by atoms with Gasteiger partial charge in [-0.3, -0.25) is 0 Å². The molecular weight excluding hydrogens is 389 g/mol. The van der Waals surface area contributed by atoms with Gasteiger partial charge in [0, 0.05) is 34.7 Å². The SMILES string of the molecule is FC1CC2(C1)CN(c1ccc(-c3nc4ccc(Br)cc4s3)cn1)C2. The van der Waals surface area contributed by atoms with E-state index < -0.39 is 6.17 Å². The molecule has 0 radical (unpaired) electrons. The van der Waals surface area contributed by atoms with Gasteiger partial charge in [-0.1, -0.05) is 15.9 Å². The smallest absolute Gasteiger partial charge is 0.128 e. The quantitative estimate of drug-likeness (QED) is 0.598. The fourth-order valence-electron chi connectivity index (χ4n) is 3.79. The first kappa shape index (κ1) is 14.8. The molecule has 0 bridgehead atoms. The minimum Gasteiger partial charge on any atom is -0.355 e. The maximum atomic E-state index is 13.1. The summed E-state index contributed by atoms with van der Waals surface area (Å²) in [5.41, 5.74) is 2.29. The number of thiazole rings is 1. The van der Waals surface area contributed by atoms with Crippen molar-refractivity contribution in [1.29, 1.82) is 0 Å². The largest absolute Gasteiger partial charge is 0.355 e. The summed E-state index contributed by atoms with van der Waals surface area (Å²) in [5.74, 6) is 0.982. The molecule has 122 valence electrons. The standard InChI is InChI=1S/C18H15BrFN3S/c19-12-2-3-14-15(5-12)24-17(22-14)11-1-4-16(21-8-11)23-9-18(10-23)6-13(20)7-18/h1-5,8,13H,6-7,9-10H2. The minimum atomic E-state index is -0.582. The maximum absolute atomic E-state index is 13.1. The molecule has 1 saturated carbocycles. The topological polar surface area (TPSA) is 29.0 Å². The molecule has 1 saturated heterocycles. The number of benzene rings is 1. The summed E-state index contributed by atoms with van der Waals surface area (Å²) in [6, 6.07) is 10.3. The van der Waals surface area contributed by atoms with Gasteiger partial charge in [0.05, 0.1) is 10.2 Å². The first-order chi connectivity index (χ1) is 11.6. The highest BCUT2D eigenvalue weighted by molar-refractivity contribution is 9.10. The second-order valence-electron chi connectivity index (χ2n) is 6.90. The summed E-state index contributed by atoms with van der Waals surface area (Å²) in [5, 5.41) is 0.987.